The molecule has 1 aromatic carbocycles. The van der Waals surface area contributed by atoms with Crippen molar-refractivity contribution in [2.75, 3.05) is 12.9 Å². The Bertz CT molecular complexity index is 610. The standard InChI is InChI=1S/C21H30OS2/c1-9-18-23-12-15(13-24-18)14-10-16(20(2,3)4)19(22-8)17(11-14)21(5,6)7/h9-12,18H,1,13H2,2-8H3. The molecule has 0 aromatic heterocycles. The number of hydrogen-bond donors (Lipinski definition) is 0. The first-order valence-electron chi connectivity index (χ1n) is 8.40. The largest absolute Gasteiger partial charge is 0.496 e. The van der Waals surface area contributed by atoms with E-state index in [4.69, 9.17) is 4.74 Å². The average molecular weight is 363 g/mol. The first-order valence-corrected chi connectivity index (χ1v) is 10.4. The number of methoxy groups -OCH3 is 1. The molecule has 0 aliphatic carbocycles. The van der Waals surface area contributed by atoms with E-state index in [1.165, 1.54) is 22.3 Å². The highest BCUT2D eigenvalue weighted by Gasteiger charge is 2.28. The lowest BCUT2D eigenvalue weighted by atomic mass is 9.78. The third-order valence-corrected chi connectivity index (χ3v) is 6.84. The normalized spacial score (nSPS) is 19.0. The molecule has 1 aromatic rings. The number of benzene rings is 1. The lowest BCUT2D eigenvalue weighted by Gasteiger charge is -2.31. The van der Waals surface area contributed by atoms with E-state index < -0.39 is 0 Å². The summed E-state index contributed by atoms with van der Waals surface area (Å²) in [6.45, 7) is 17.5. The third-order valence-electron chi connectivity index (χ3n) is 4.22. The highest BCUT2D eigenvalue weighted by atomic mass is 32.2. The monoisotopic (exact) mass is 362 g/mol. The molecule has 132 valence electrons. The van der Waals surface area contributed by atoms with Crippen LogP contribution < -0.4 is 4.74 Å². The maximum absolute atomic E-state index is 5.86. The molecular formula is C21H30OS2. The van der Waals surface area contributed by atoms with Crippen molar-refractivity contribution >= 4 is 29.1 Å². The fourth-order valence-electron chi connectivity index (χ4n) is 2.82. The van der Waals surface area contributed by atoms with Crippen molar-refractivity contribution in [2.45, 2.75) is 57.0 Å². The van der Waals surface area contributed by atoms with E-state index >= 15 is 0 Å². The quantitative estimate of drug-likeness (QED) is 0.559. The van der Waals surface area contributed by atoms with Crippen LogP contribution in [0.4, 0.5) is 0 Å². The Labute approximate surface area is 156 Å². The fourth-order valence-corrected chi connectivity index (χ4v) is 4.97. The Kier molecular flexibility index (Phi) is 5.87. The Balaban J connectivity index is 2.62. The van der Waals surface area contributed by atoms with Crippen LogP contribution in [0.3, 0.4) is 0 Å². The second-order valence-corrected chi connectivity index (χ2v) is 10.7. The van der Waals surface area contributed by atoms with Gasteiger partial charge in [0.1, 0.15) is 5.75 Å². The van der Waals surface area contributed by atoms with Crippen LogP contribution in [0.5, 0.6) is 5.75 Å². The summed E-state index contributed by atoms with van der Waals surface area (Å²) in [7, 11) is 1.79. The zero-order valence-corrected chi connectivity index (χ0v) is 17.7. The smallest absolute Gasteiger partial charge is 0.126 e. The number of thioether (sulfide) groups is 2. The van der Waals surface area contributed by atoms with Gasteiger partial charge in [0.15, 0.2) is 0 Å². The number of rotatable bonds is 3. The summed E-state index contributed by atoms with van der Waals surface area (Å²) in [4.78, 5) is 0. The van der Waals surface area contributed by atoms with Gasteiger partial charge in [-0.3, -0.25) is 0 Å². The van der Waals surface area contributed by atoms with Crippen LogP contribution in [0.25, 0.3) is 5.57 Å². The van der Waals surface area contributed by atoms with E-state index in [2.05, 4.69) is 65.7 Å². The molecule has 0 spiro atoms. The van der Waals surface area contributed by atoms with E-state index in [-0.39, 0.29) is 10.8 Å². The van der Waals surface area contributed by atoms with Gasteiger partial charge in [-0.15, -0.1) is 30.1 Å². The highest BCUT2D eigenvalue weighted by Crippen LogP contribution is 2.44. The van der Waals surface area contributed by atoms with Gasteiger partial charge in [0, 0.05) is 16.9 Å². The molecule has 0 fully saturated rings. The molecule has 3 heteroatoms. The van der Waals surface area contributed by atoms with E-state index in [1.54, 1.807) is 7.11 Å². The van der Waals surface area contributed by atoms with Gasteiger partial charge in [-0.1, -0.05) is 47.6 Å². The summed E-state index contributed by atoms with van der Waals surface area (Å²) in [5.41, 5.74) is 5.39. The number of hydrogen-bond acceptors (Lipinski definition) is 3. The number of ether oxygens (including phenoxy) is 1. The van der Waals surface area contributed by atoms with Crippen LogP contribution in [0.1, 0.15) is 58.2 Å². The van der Waals surface area contributed by atoms with Gasteiger partial charge in [-0.05, 0) is 39.5 Å². The molecule has 2 rings (SSSR count). The van der Waals surface area contributed by atoms with E-state index in [0.717, 1.165) is 11.5 Å². The molecule has 0 N–H and O–H groups in total. The lowest BCUT2D eigenvalue weighted by molar-refractivity contribution is 0.381. The minimum atomic E-state index is 0.0422. The van der Waals surface area contributed by atoms with Crippen molar-refractivity contribution in [3.05, 3.63) is 46.9 Å². The van der Waals surface area contributed by atoms with Crippen molar-refractivity contribution in [3.8, 4) is 5.75 Å². The molecule has 1 unspecified atom stereocenters. The summed E-state index contributed by atoms with van der Waals surface area (Å²) >= 11 is 3.80. The van der Waals surface area contributed by atoms with Crippen LogP contribution in [0.2, 0.25) is 0 Å². The second kappa shape index (κ2) is 7.21. The lowest BCUT2D eigenvalue weighted by Crippen LogP contribution is -2.20. The van der Waals surface area contributed by atoms with Crippen LogP contribution in [-0.4, -0.2) is 17.4 Å². The van der Waals surface area contributed by atoms with E-state index in [0.29, 0.717) is 4.58 Å². The highest BCUT2D eigenvalue weighted by molar-refractivity contribution is 8.19. The van der Waals surface area contributed by atoms with Gasteiger partial charge >= 0.3 is 0 Å². The Morgan fingerprint density at radius 3 is 1.96 bits per heavy atom. The molecule has 0 amide bonds. The van der Waals surface area contributed by atoms with E-state index in [9.17, 15) is 0 Å². The zero-order chi connectivity index (χ0) is 18.1. The first-order chi connectivity index (χ1) is 11.1. The predicted molar refractivity (Wildman–Crippen MR) is 112 cm³/mol. The topological polar surface area (TPSA) is 9.23 Å². The van der Waals surface area contributed by atoms with Crippen molar-refractivity contribution in [1.29, 1.82) is 0 Å². The first kappa shape index (κ1) is 19.5. The predicted octanol–water partition coefficient (Wildman–Crippen LogP) is 6.62. The molecule has 0 bridgehead atoms. The second-order valence-electron chi connectivity index (χ2n) is 8.30. The molecule has 1 nitrogen and oxygen atoms in total. The van der Waals surface area contributed by atoms with Crippen LogP contribution in [0, 0.1) is 0 Å². The Hall–Kier alpha value is -0.800. The summed E-state index contributed by atoms with van der Waals surface area (Å²) < 4.78 is 6.33. The van der Waals surface area contributed by atoms with Crippen molar-refractivity contribution < 1.29 is 4.74 Å². The van der Waals surface area contributed by atoms with Crippen LogP contribution in [0.15, 0.2) is 30.2 Å². The Morgan fingerprint density at radius 2 is 1.62 bits per heavy atom. The average Bonchev–Trinajstić information content (AvgIpc) is 2.52. The van der Waals surface area contributed by atoms with Gasteiger partial charge < -0.3 is 4.74 Å². The molecular weight excluding hydrogens is 332 g/mol. The van der Waals surface area contributed by atoms with Crippen molar-refractivity contribution in [1.82, 2.24) is 0 Å². The molecule has 0 saturated heterocycles. The van der Waals surface area contributed by atoms with Crippen LogP contribution >= 0.6 is 23.5 Å². The molecule has 1 aliphatic rings. The van der Waals surface area contributed by atoms with Gasteiger partial charge in [-0.25, -0.2) is 0 Å². The van der Waals surface area contributed by atoms with Crippen LogP contribution in [-0.2, 0) is 10.8 Å². The molecule has 24 heavy (non-hydrogen) atoms. The maximum Gasteiger partial charge on any atom is 0.126 e. The minimum absolute atomic E-state index is 0.0422. The summed E-state index contributed by atoms with van der Waals surface area (Å²) in [5, 5.41) is 2.31. The van der Waals surface area contributed by atoms with Gasteiger partial charge in [0.2, 0.25) is 0 Å². The van der Waals surface area contributed by atoms with Gasteiger partial charge in [0.05, 0.1) is 11.7 Å². The third kappa shape index (κ3) is 4.23. The van der Waals surface area contributed by atoms with Gasteiger partial charge in [-0.2, -0.15) is 0 Å². The SMILES string of the molecule is C=CC1SC=C(c2cc(C(C)(C)C)c(OC)c(C(C)(C)C)c2)CS1. The minimum Gasteiger partial charge on any atom is -0.496 e. The summed E-state index contributed by atoms with van der Waals surface area (Å²) in [6, 6.07) is 4.66. The maximum atomic E-state index is 5.86. The summed E-state index contributed by atoms with van der Waals surface area (Å²) in [6.07, 6.45) is 2.03. The van der Waals surface area contributed by atoms with E-state index in [1.807, 2.05) is 29.6 Å². The fraction of sp³-hybridized carbons (Fsp3) is 0.524. The zero-order valence-electron chi connectivity index (χ0n) is 16.0. The summed E-state index contributed by atoms with van der Waals surface area (Å²) in [5.74, 6) is 2.07. The van der Waals surface area contributed by atoms with Crippen molar-refractivity contribution in [2.24, 2.45) is 0 Å². The molecule has 0 saturated carbocycles. The van der Waals surface area contributed by atoms with Gasteiger partial charge in [0.25, 0.3) is 0 Å². The molecule has 1 heterocycles. The molecule has 1 aliphatic heterocycles. The molecule has 0 radical (unpaired) electrons. The Morgan fingerprint density at radius 1 is 1.08 bits per heavy atom. The van der Waals surface area contributed by atoms with Crippen molar-refractivity contribution in [3.63, 3.8) is 0 Å². The molecule has 1 atom stereocenters.